The van der Waals surface area contributed by atoms with E-state index in [2.05, 4.69) is 20.4 Å². The minimum atomic E-state index is -5.08. The second-order valence-electron chi connectivity index (χ2n) is 9.05. The van der Waals surface area contributed by atoms with Crippen LogP contribution in [0, 0.1) is 5.82 Å². The van der Waals surface area contributed by atoms with Gasteiger partial charge in [-0.2, -0.15) is 40.2 Å². The topological polar surface area (TPSA) is 167 Å². The van der Waals surface area contributed by atoms with Crippen molar-refractivity contribution in [3.05, 3.63) is 69.0 Å². The third-order valence-corrected chi connectivity index (χ3v) is 7.04. The molecule has 2 aromatic heterocycles. The SMILES string of the molecule is NCC(Cc1n[nH]c(=O)n1Cc1sc(-c2ccc(N3CCNCC3)cc2)cc1F)=C(F)F.O=C(O)C(F)(F)F.O=C(O)C(F)(F)F. The molecule has 3 heterocycles. The number of piperazine rings is 1. The van der Waals surface area contributed by atoms with Crippen LogP contribution < -0.4 is 21.6 Å². The summed E-state index contributed by atoms with van der Waals surface area (Å²) in [5, 5.41) is 23.6. The van der Waals surface area contributed by atoms with E-state index in [1.54, 1.807) is 0 Å². The van der Waals surface area contributed by atoms with Gasteiger partial charge in [0.1, 0.15) is 11.6 Å². The number of anilines is 1. The summed E-state index contributed by atoms with van der Waals surface area (Å²) in [6.45, 7) is 3.30. The van der Waals surface area contributed by atoms with E-state index in [9.17, 15) is 44.3 Å². The van der Waals surface area contributed by atoms with Crippen LogP contribution >= 0.6 is 11.3 Å². The summed E-state index contributed by atoms with van der Waals surface area (Å²) in [5.41, 5.74) is 6.43. The van der Waals surface area contributed by atoms with E-state index in [1.165, 1.54) is 17.4 Å². The molecule has 1 aliphatic rings. The maximum Gasteiger partial charge on any atom is 0.490 e. The van der Waals surface area contributed by atoms with Gasteiger partial charge in [0.25, 0.3) is 6.08 Å². The normalized spacial score (nSPS) is 13.2. The second kappa shape index (κ2) is 16.3. The number of carboxylic acids is 2. The molecule has 0 amide bonds. The molecule has 4 rings (SSSR count). The molecule has 0 spiro atoms. The molecule has 0 saturated carbocycles. The molecule has 0 bridgehead atoms. The number of aliphatic carboxylic acids is 2. The van der Waals surface area contributed by atoms with Crippen molar-refractivity contribution in [2.24, 2.45) is 5.73 Å². The van der Waals surface area contributed by atoms with Crippen molar-refractivity contribution in [3.63, 3.8) is 0 Å². The van der Waals surface area contributed by atoms with Crippen molar-refractivity contribution in [2.45, 2.75) is 25.3 Å². The third kappa shape index (κ3) is 11.2. The first-order valence-electron chi connectivity index (χ1n) is 12.7. The van der Waals surface area contributed by atoms with Crippen molar-refractivity contribution >= 4 is 29.0 Å². The molecule has 6 N–H and O–H groups in total. The number of aromatic amines is 1. The van der Waals surface area contributed by atoms with Crippen LogP contribution in [0.5, 0.6) is 0 Å². The molecule has 11 nitrogen and oxygen atoms in total. The maximum atomic E-state index is 14.7. The van der Waals surface area contributed by atoms with Crippen molar-refractivity contribution in [1.29, 1.82) is 0 Å². The number of H-pyrrole nitrogens is 1. The number of carboxylic acid groups (broad SMARTS) is 2. The first-order valence-corrected chi connectivity index (χ1v) is 13.5. The lowest BCUT2D eigenvalue weighted by atomic mass is 10.1. The Morgan fingerprint density at radius 3 is 1.96 bits per heavy atom. The predicted molar refractivity (Wildman–Crippen MR) is 146 cm³/mol. The monoisotopic (exact) mass is 692 g/mol. The quantitative estimate of drug-likeness (QED) is 0.232. The number of nitrogens with zero attached hydrogens (tertiary/aromatic N) is 3. The number of nitrogens with two attached hydrogens (primary N) is 1. The number of benzene rings is 1. The molecular weight excluding hydrogens is 667 g/mol. The van der Waals surface area contributed by atoms with Crippen molar-refractivity contribution in [1.82, 2.24) is 20.1 Å². The van der Waals surface area contributed by atoms with Gasteiger partial charge in [0, 0.05) is 55.3 Å². The van der Waals surface area contributed by atoms with Crippen LogP contribution in [0.3, 0.4) is 0 Å². The molecule has 0 unspecified atom stereocenters. The molecule has 46 heavy (non-hydrogen) atoms. The summed E-state index contributed by atoms with van der Waals surface area (Å²) in [7, 11) is 0. The lowest BCUT2D eigenvalue weighted by Gasteiger charge is -2.29. The van der Waals surface area contributed by atoms with Gasteiger partial charge in [0.2, 0.25) is 0 Å². The van der Waals surface area contributed by atoms with Gasteiger partial charge in [-0.05, 0) is 23.8 Å². The predicted octanol–water partition coefficient (Wildman–Crippen LogP) is 3.82. The fraction of sp³-hybridized carbons (Fsp3) is 0.360. The van der Waals surface area contributed by atoms with Crippen LogP contribution in [0.1, 0.15) is 10.7 Å². The second-order valence-corrected chi connectivity index (χ2v) is 10.2. The average Bonchev–Trinajstić information content (AvgIpc) is 3.53. The van der Waals surface area contributed by atoms with Gasteiger partial charge in [-0.15, -0.1) is 11.3 Å². The molecule has 3 aromatic rings. The van der Waals surface area contributed by atoms with E-state index in [1.807, 2.05) is 24.3 Å². The van der Waals surface area contributed by atoms with E-state index in [0.29, 0.717) is 4.88 Å². The van der Waals surface area contributed by atoms with E-state index in [-0.39, 0.29) is 30.9 Å². The van der Waals surface area contributed by atoms with Crippen molar-refractivity contribution < 1.29 is 59.3 Å². The zero-order valence-corrected chi connectivity index (χ0v) is 24.0. The summed E-state index contributed by atoms with van der Waals surface area (Å²) in [5.74, 6) is -5.89. The smallest absolute Gasteiger partial charge is 0.475 e. The molecule has 0 atom stereocenters. The summed E-state index contributed by atoms with van der Waals surface area (Å²) in [6, 6.07) is 9.36. The molecule has 0 radical (unpaired) electrons. The minimum absolute atomic E-state index is 0.0815. The van der Waals surface area contributed by atoms with E-state index in [4.69, 9.17) is 25.5 Å². The van der Waals surface area contributed by atoms with Gasteiger partial charge in [0.05, 0.1) is 11.4 Å². The summed E-state index contributed by atoms with van der Waals surface area (Å²) in [4.78, 5) is 33.3. The highest BCUT2D eigenvalue weighted by Crippen LogP contribution is 2.32. The minimum Gasteiger partial charge on any atom is -0.475 e. The molecule has 21 heteroatoms. The number of hydrogen-bond donors (Lipinski definition) is 5. The first kappa shape index (κ1) is 37.8. The number of rotatable bonds is 7. The van der Waals surface area contributed by atoms with Crippen LogP contribution in [0.4, 0.5) is 45.2 Å². The average molecular weight is 693 g/mol. The summed E-state index contributed by atoms with van der Waals surface area (Å²) >= 11 is 1.22. The largest absolute Gasteiger partial charge is 0.490 e. The molecule has 1 fully saturated rings. The Bertz CT molecular complexity index is 1530. The Kier molecular flexibility index (Phi) is 13.4. The number of alkyl halides is 6. The first-order chi connectivity index (χ1) is 21.3. The number of halogens is 9. The van der Waals surface area contributed by atoms with Crippen LogP contribution in [0.2, 0.25) is 0 Å². The maximum absolute atomic E-state index is 14.7. The Morgan fingerprint density at radius 1 is 0.978 bits per heavy atom. The highest BCUT2D eigenvalue weighted by atomic mass is 32.1. The number of thiophene rings is 1. The number of hydrogen-bond acceptors (Lipinski definition) is 8. The fourth-order valence-corrected chi connectivity index (χ4v) is 4.65. The van der Waals surface area contributed by atoms with E-state index < -0.39 is 41.9 Å². The Morgan fingerprint density at radius 2 is 1.50 bits per heavy atom. The van der Waals surface area contributed by atoms with E-state index >= 15 is 0 Å². The lowest BCUT2D eigenvalue weighted by molar-refractivity contribution is -0.193. The van der Waals surface area contributed by atoms with Crippen LogP contribution in [-0.2, 0) is 22.6 Å². The Balaban J connectivity index is 0.000000440. The zero-order chi connectivity index (χ0) is 34.8. The van der Waals surface area contributed by atoms with Gasteiger partial charge >= 0.3 is 30.0 Å². The van der Waals surface area contributed by atoms with Crippen LogP contribution in [-0.4, -0.2) is 82.0 Å². The van der Waals surface area contributed by atoms with Crippen molar-refractivity contribution in [2.75, 3.05) is 37.6 Å². The highest BCUT2D eigenvalue weighted by molar-refractivity contribution is 7.15. The fourth-order valence-electron chi connectivity index (χ4n) is 3.62. The number of nitrogens with one attached hydrogen (secondary N) is 2. The third-order valence-electron chi connectivity index (χ3n) is 5.90. The summed E-state index contributed by atoms with van der Waals surface area (Å²) in [6.07, 6.45) is -12.4. The molecule has 254 valence electrons. The zero-order valence-electron chi connectivity index (χ0n) is 23.2. The van der Waals surface area contributed by atoms with Crippen molar-refractivity contribution in [3.8, 4) is 10.4 Å². The van der Waals surface area contributed by atoms with Gasteiger partial charge in [0.15, 0.2) is 0 Å². The van der Waals surface area contributed by atoms with Gasteiger partial charge in [-0.25, -0.2) is 23.9 Å². The lowest BCUT2D eigenvalue weighted by Crippen LogP contribution is -2.43. The molecule has 1 aromatic carbocycles. The van der Waals surface area contributed by atoms with E-state index in [0.717, 1.165) is 46.9 Å². The van der Waals surface area contributed by atoms with Crippen LogP contribution in [0.15, 0.2) is 46.8 Å². The van der Waals surface area contributed by atoms with Crippen LogP contribution in [0.25, 0.3) is 10.4 Å². The molecular formula is C25H25F9N6O5S. The Hall–Kier alpha value is -4.37. The molecule has 1 saturated heterocycles. The summed E-state index contributed by atoms with van der Waals surface area (Å²) < 4.78 is 105. The van der Waals surface area contributed by atoms with Gasteiger partial charge in [-0.1, -0.05) is 12.1 Å². The molecule has 1 aliphatic heterocycles. The van der Waals surface area contributed by atoms with Gasteiger partial charge in [-0.3, -0.25) is 4.57 Å². The Labute approximate surface area is 256 Å². The number of aromatic nitrogens is 3. The van der Waals surface area contributed by atoms with Gasteiger partial charge < -0.3 is 26.2 Å². The molecule has 0 aliphatic carbocycles. The number of carbonyl (C=O) groups is 2. The standard InChI is InChI=1S/C21H23F3N6OS.2C2HF3O2/c22-16-10-17(13-1-3-15(4-2-13)29-7-5-26-6-8-29)32-18(16)12-30-19(27-28-21(30)31)9-14(11-25)20(23)24;2*3-2(4,5)1(6)7/h1-4,10,26H,5-9,11-12,25H2,(H,28,31);2*(H,6,7). The highest BCUT2D eigenvalue weighted by Gasteiger charge is 2.38.